The fraction of sp³-hybridized carbons (Fsp3) is 0.600. The quantitative estimate of drug-likeness (QED) is 0.817. The SMILES string of the molecule is COc1ccc([C@@H](C)NCC(C)(O)C(C)C)cc1. The van der Waals surface area contributed by atoms with Crippen LogP contribution in [-0.2, 0) is 0 Å². The summed E-state index contributed by atoms with van der Waals surface area (Å²) in [7, 11) is 1.66. The Morgan fingerprint density at radius 2 is 1.78 bits per heavy atom. The van der Waals surface area contributed by atoms with Gasteiger partial charge in [-0.2, -0.15) is 0 Å². The summed E-state index contributed by atoms with van der Waals surface area (Å²) in [6.45, 7) is 8.60. The molecule has 0 fully saturated rings. The fourth-order valence-electron chi connectivity index (χ4n) is 1.57. The van der Waals surface area contributed by atoms with E-state index in [0.717, 1.165) is 5.75 Å². The van der Waals surface area contributed by atoms with Gasteiger partial charge in [-0.15, -0.1) is 0 Å². The molecule has 0 amide bonds. The summed E-state index contributed by atoms with van der Waals surface area (Å²) in [4.78, 5) is 0. The number of hydrogen-bond donors (Lipinski definition) is 2. The van der Waals surface area contributed by atoms with E-state index in [1.807, 2.05) is 45.0 Å². The number of aliphatic hydroxyl groups is 1. The van der Waals surface area contributed by atoms with Gasteiger partial charge in [-0.05, 0) is 37.5 Å². The third-order valence-corrected chi connectivity index (χ3v) is 3.63. The monoisotopic (exact) mass is 251 g/mol. The molecule has 102 valence electrons. The smallest absolute Gasteiger partial charge is 0.118 e. The van der Waals surface area contributed by atoms with Crippen molar-refractivity contribution < 1.29 is 9.84 Å². The van der Waals surface area contributed by atoms with Gasteiger partial charge < -0.3 is 15.2 Å². The first-order valence-corrected chi connectivity index (χ1v) is 6.46. The average Bonchev–Trinajstić information content (AvgIpc) is 2.36. The number of ether oxygens (including phenoxy) is 1. The summed E-state index contributed by atoms with van der Waals surface area (Å²) in [5.74, 6) is 1.09. The molecule has 1 aromatic carbocycles. The molecule has 0 aliphatic carbocycles. The standard InChI is InChI=1S/C15H25NO2/c1-11(2)15(4,17)10-16-12(3)13-6-8-14(18-5)9-7-13/h6-9,11-12,16-17H,10H2,1-5H3/t12-,15?/m1/s1. The molecular weight excluding hydrogens is 226 g/mol. The average molecular weight is 251 g/mol. The zero-order valence-corrected chi connectivity index (χ0v) is 12.0. The molecule has 1 rings (SSSR count). The maximum Gasteiger partial charge on any atom is 0.118 e. The highest BCUT2D eigenvalue weighted by Crippen LogP contribution is 2.19. The van der Waals surface area contributed by atoms with E-state index >= 15 is 0 Å². The van der Waals surface area contributed by atoms with E-state index in [1.165, 1.54) is 5.56 Å². The maximum absolute atomic E-state index is 10.2. The summed E-state index contributed by atoms with van der Waals surface area (Å²) in [6.07, 6.45) is 0. The second-order valence-electron chi connectivity index (χ2n) is 5.39. The number of hydrogen-bond acceptors (Lipinski definition) is 3. The minimum Gasteiger partial charge on any atom is -0.497 e. The van der Waals surface area contributed by atoms with E-state index in [4.69, 9.17) is 4.74 Å². The fourth-order valence-corrected chi connectivity index (χ4v) is 1.57. The van der Waals surface area contributed by atoms with E-state index in [2.05, 4.69) is 12.2 Å². The van der Waals surface area contributed by atoms with Crippen LogP contribution in [0.15, 0.2) is 24.3 Å². The van der Waals surface area contributed by atoms with Gasteiger partial charge in [0.1, 0.15) is 5.75 Å². The van der Waals surface area contributed by atoms with Crippen molar-refractivity contribution in [3.05, 3.63) is 29.8 Å². The van der Waals surface area contributed by atoms with Gasteiger partial charge >= 0.3 is 0 Å². The lowest BCUT2D eigenvalue weighted by Crippen LogP contribution is -2.42. The molecule has 2 N–H and O–H groups in total. The molecule has 0 saturated heterocycles. The molecule has 3 heteroatoms. The first-order valence-electron chi connectivity index (χ1n) is 6.46. The molecule has 0 bridgehead atoms. The van der Waals surface area contributed by atoms with Crippen LogP contribution in [0.5, 0.6) is 5.75 Å². The molecule has 0 aliphatic rings. The van der Waals surface area contributed by atoms with Crippen molar-refractivity contribution in [1.82, 2.24) is 5.32 Å². The Morgan fingerprint density at radius 3 is 2.22 bits per heavy atom. The number of nitrogens with one attached hydrogen (secondary N) is 1. The third-order valence-electron chi connectivity index (χ3n) is 3.63. The van der Waals surface area contributed by atoms with Gasteiger partial charge in [-0.1, -0.05) is 26.0 Å². The first kappa shape index (κ1) is 15.0. The lowest BCUT2D eigenvalue weighted by molar-refractivity contribution is 0.0122. The van der Waals surface area contributed by atoms with Gasteiger partial charge in [0.05, 0.1) is 12.7 Å². The van der Waals surface area contributed by atoms with Gasteiger partial charge in [0.15, 0.2) is 0 Å². The van der Waals surface area contributed by atoms with Crippen molar-refractivity contribution in [2.75, 3.05) is 13.7 Å². The molecule has 0 saturated carbocycles. The summed E-state index contributed by atoms with van der Waals surface area (Å²) in [5.41, 5.74) is 0.510. The highest BCUT2D eigenvalue weighted by atomic mass is 16.5. The predicted molar refractivity (Wildman–Crippen MR) is 74.9 cm³/mol. The third kappa shape index (κ3) is 4.00. The number of methoxy groups -OCH3 is 1. The van der Waals surface area contributed by atoms with Crippen LogP contribution in [0.25, 0.3) is 0 Å². The van der Waals surface area contributed by atoms with Gasteiger partial charge in [0, 0.05) is 12.6 Å². The molecule has 0 heterocycles. The molecule has 3 nitrogen and oxygen atoms in total. The largest absolute Gasteiger partial charge is 0.497 e. The van der Waals surface area contributed by atoms with E-state index in [0.29, 0.717) is 6.54 Å². The van der Waals surface area contributed by atoms with E-state index in [1.54, 1.807) is 7.11 Å². The van der Waals surface area contributed by atoms with Crippen LogP contribution in [0.3, 0.4) is 0 Å². The molecule has 1 unspecified atom stereocenters. The molecule has 0 radical (unpaired) electrons. The molecule has 1 aromatic rings. The molecule has 2 atom stereocenters. The Balaban J connectivity index is 2.57. The highest BCUT2D eigenvalue weighted by Gasteiger charge is 2.25. The summed E-state index contributed by atoms with van der Waals surface area (Å²) in [6, 6.07) is 8.20. The molecule has 0 spiro atoms. The minimum atomic E-state index is -0.680. The summed E-state index contributed by atoms with van der Waals surface area (Å²) >= 11 is 0. The first-order chi connectivity index (χ1) is 8.36. The van der Waals surface area contributed by atoms with E-state index in [-0.39, 0.29) is 12.0 Å². The van der Waals surface area contributed by atoms with Crippen molar-refractivity contribution in [3.63, 3.8) is 0 Å². The topological polar surface area (TPSA) is 41.5 Å². The van der Waals surface area contributed by atoms with Crippen molar-refractivity contribution in [1.29, 1.82) is 0 Å². The summed E-state index contributed by atoms with van der Waals surface area (Å²) < 4.78 is 5.13. The van der Waals surface area contributed by atoms with Crippen molar-refractivity contribution in [2.45, 2.75) is 39.3 Å². The second-order valence-corrected chi connectivity index (χ2v) is 5.39. The summed E-state index contributed by atoms with van der Waals surface area (Å²) in [5, 5.41) is 13.6. The zero-order chi connectivity index (χ0) is 13.8. The number of benzene rings is 1. The minimum absolute atomic E-state index is 0.209. The molecule has 18 heavy (non-hydrogen) atoms. The van der Waals surface area contributed by atoms with Crippen LogP contribution >= 0.6 is 0 Å². The normalized spacial score (nSPS) is 16.4. The van der Waals surface area contributed by atoms with Gasteiger partial charge in [0.2, 0.25) is 0 Å². The van der Waals surface area contributed by atoms with Crippen LogP contribution in [0, 0.1) is 5.92 Å². The van der Waals surface area contributed by atoms with Crippen LogP contribution in [-0.4, -0.2) is 24.4 Å². The highest BCUT2D eigenvalue weighted by molar-refractivity contribution is 5.28. The van der Waals surface area contributed by atoms with Crippen molar-refractivity contribution in [3.8, 4) is 5.75 Å². The van der Waals surface area contributed by atoms with Gasteiger partial charge in [-0.25, -0.2) is 0 Å². The molecule has 0 aromatic heterocycles. The van der Waals surface area contributed by atoms with Gasteiger partial charge in [-0.3, -0.25) is 0 Å². The van der Waals surface area contributed by atoms with Crippen LogP contribution < -0.4 is 10.1 Å². The van der Waals surface area contributed by atoms with Crippen LogP contribution in [0.4, 0.5) is 0 Å². The Bertz CT molecular complexity index is 357. The zero-order valence-electron chi connectivity index (χ0n) is 12.0. The Morgan fingerprint density at radius 1 is 1.22 bits per heavy atom. The number of rotatable bonds is 6. The van der Waals surface area contributed by atoms with Crippen LogP contribution in [0.2, 0.25) is 0 Å². The Kier molecular flexibility index (Phi) is 5.17. The lowest BCUT2D eigenvalue weighted by Gasteiger charge is -2.29. The van der Waals surface area contributed by atoms with Crippen molar-refractivity contribution in [2.24, 2.45) is 5.92 Å². The lowest BCUT2D eigenvalue weighted by atomic mass is 9.92. The molecular formula is C15H25NO2. The van der Waals surface area contributed by atoms with Crippen LogP contribution in [0.1, 0.15) is 39.3 Å². The predicted octanol–water partition coefficient (Wildman–Crippen LogP) is 2.75. The van der Waals surface area contributed by atoms with E-state index < -0.39 is 5.60 Å². The van der Waals surface area contributed by atoms with E-state index in [9.17, 15) is 5.11 Å². The van der Waals surface area contributed by atoms with Gasteiger partial charge in [0.25, 0.3) is 0 Å². The second kappa shape index (κ2) is 6.21. The maximum atomic E-state index is 10.2. The Hall–Kier alpha value is -1.06. The Labute approximate surface area is 110 Å². The molecule has 0 aliphatic heterocycles. The van der Waals surface area contributed by atoms with Crippen molar-refractivity contribution >= 4 is 0 Å².